The number of furan rings is 1. The zero-order valence-corrected chi connectivity index (χ0v) is 14.4. The standard InChI is InChI=1S/C18H17FN6O2/c19-13-4-1-2-5-14(13)21-16-12-20-23-18(22-16)25-9-7-24(8-10-25)17(26)15-6-3-11-27-15/h1-6,11-12H,7-10H2,(H,21,22,23). The zero-order chi connectivity index (χ0) is 18.6. The molecule has 27 heavy (non-hydrogen) atoms. The molecule has 9 heteroatoms. The Morgan fingerprint density at radius 3 is 2.67 bits per heavy atom. The second kappa shape index (κ2) is 7.40. The minimum atomic E-state index is -0.372. The van der Waals surface area contributed by atoms with E-state index in [1.165, 1.54) is 18.5 Å². The molecule has 0 aliphatic carbocycles. The number of nitrogens with one attached hydrogen (secondary N) is 1. The molecule has 3 heterocycles. The number of benzene rings is 1. The molecule has 0 atom stereocenters. The van der Waals surface area contributed by atoms with Gasteiger partial charge in [0.05, 0.1) is 18.1 Å². The van der Waals surface area contributed by atoms with Gasteiger partial charge in [-0.15, -0.1) is 5.10 Å². The van der Waals surface area contributed by atoms with Crippen LogP contribution >= 0.6 is 0 Å². The molecule has 2 aromatic heterocycles. The van der Waals surface area contributed by atoms with Crippen molar-refractivity contribution >= 4 is 23.4 Å². The average Bonchev–Trinajstić information content (AvgIpc) is 3.24. The third-order valence-electron chi connectivity index (χ3n) is 4.27. The van der Waals surface area contributed by atoms with E-state index in [1.807, 2.05) is 4.90 Å². The molecular weight excluding hydrogens is 351 g/mol. The molecule has 0 radical (unpaired) electrons. The molecular formula is C18H17FN6O2. The van der Waals surface area contributed by atoms with Crippen molar-refractivity contribution in [1.82, 2.24) is 20.1 Å². The summed E-state index contributed by atoms with van der Waals surface area (Å²) in [6.07, 6.45) is 2.92. The molecule has 8 nitrogen and oxygen atoms in total. The molecule has 0 bridgehead atoms. The quantitative estimate of drug-likeness (QED) is 0.756. The number of hydrogen-bond acceptors (Lipinski definition) is 7. The lowest BCUT2D eigenvalue weighted by Crippen LogP contribution is -2.49. The highest BCUT2D eigenvalue weighted by Gasteiger charge is 2.25. The topological polar surface area (TPSA) is 87.4 Å². The van der Waals surface area contributed by atoms with Crippen molar-refractivity contribution in [2.24, 2.45) is 0 Å². The Morgan fingerprint density at radius 1 is 1.11 bits per heavy atom. The van der Waals surface area contributed by atoms with Gasteiger partial charge in [-0.2, -0.15) is 10.1 Å². The fraction of sp³-hybridized carbons (Fsp3) is 0.222. The van der Waals surface area contributed by atoms with Crippen molar-refractivity contribution in [3.05, 3.63) is 60.4 Å². The number of carbonyl (C=O) groups excluding carboxylic acids is 1. The second-order valence-electron chi connectivity index (χ2n) is 6.00. The van der Waals surface area contributed by atoms with E-state index in [-0.39, 0.29) is 11.7 Å². The van der Waals surface area contributed by atoms with Crippen LogP contribution in [0.2, 0.25) is 0 Å². The lowest BCUT2D eigenvalue weighted by molar-refractivity contribution is 0.0714. The van der Waals surface area contributed by atoms with Gasteiger partial charge in [-0.1, -0.05) is 12.1 Å². The fourth-order valence-corrected chi connectivity index (χ4v) is 2.85. The first-order valence-electron chi connectivity index (χ1n) is 8.50. The fourth-order valence-electron chi connectivity index (χ4n) is 2.85. The minimum absolute atomic E-state index is 0.131. The van der Waals surface area contributed by atoms with E-state index in [1.54, 1.807) is 35.2 Å². The summed E-state index contributed by atoms with van der Waals surface area (Å²) in [7, 11) is 0. The molecule has 0 saturated carbocycles. The largest absolute Gasteiger partial charge is 0.459 e. The normalized spacial score (nSPS) is 14.3. The molecule has 1 aromatic carbocycles. The van der Waals surface area contributed by atoms with Gasteiger partial charge in [-0.3, -0.25) is 4.79 Å². The second-order valence-corrected chi connectivity index (χ2v) is 6.00. The van der Waals surface area contributed by atoms with Crippen LogP contribution in [0.3, 0.4) is 0 Å². The predicted octanol–water partition coefficient (Wildman–Crippen LogP) is 2.31. The molecule has 0 spiro atoms. The van der Waals surface area contributed by atoms with Crippen LogP contribution in [-0.4, -0.2) is 52.2 Å². The molecule has 1 N–H and O–H groups in total. The van der Waals surface area contributed by atoms with E-state index in [0.717, 1.165) is 0 Å². The highest BCUT2D eigenvalue weighted by Crippen LogP contribution is 2.19. The van der Waals surface area contributed by atoms with Crippen LogP contribution < -0.4 is 10.2 Å². The first kappa shape index (κ1) is 17.0. The van der Waals surface area contributed by atoms with Crippen LogP contribution in [-0.2, 0) is 0 Å². The van der Waals surface area contributed by atoms with Gasteiger partial charge in [-0.05, 0) is 24.3 Å². The Bertz CT molecular complexity index is 925. The number of aromatic nitrogens is 3. The Balaban J connectivity index is 1.41. The van der Waals surface area contributed by atoms with E-state index in [0.29, 0.717) is 49.4 Å². The average molecular weight is 368 g/mol. The van der Waals surface area contributed by atoms with Crippen molar-refractivity contribution in [2.45, 2.75) is 0 Å². The van der Waals surface area contributed by atoms with Gasteiger partial charge in [0.25, 0.3) is 5.91 Å². The SMILES string of the molecule is O=C(c1ccco1)N1CCN(c2nncc(Nc3ccccc3F)n2)CC1. The third-order valence-corrected chi connectivity index (χ3v) is 4.27. The number of hydrogen-bond donors (Lipinski definition) is 1. The number of piperazine rings is 1. The van der Waals surface area contributed by atoms with Crippen LogP contribution in [0.5, 0.6) is 0 Å². The van der Waals surface area contributed by atoms with Gasteiger partial charge >= 0.3 is 0 Å². The van der Waals surface area contributed by atoms with Gasteiger partial charge in [0.1, 0.15) is 5.82 Å². The lowest BCUT2D eigenvalue weighted by Gasteiger charge is -2.34. The molecule has 1 aliphatic heterocycles. The van der Waals surface area contributed by atoms with E-state index < -0.39 is 0 Å². The van der Waals surface area contributed by atoms with Crippen molar-refractivity contribution in [3.8, 4) is 0 Å². The maximum atomic E-state index is 13.8. The number of nitrogens with zero attached hydrogens (tertiary/aromatic N) is 5. The van der Waals surface area contributed by atoms with Crippen LogP contribution in [0.15, 0.2) is 53.3 Å². The Kier molecular flexibility index (Phi) is 4.65. The summed E-state index contributed by atoms with van der Waals surface area (Å²) in [6, 6.07) is 9.68. The first-order chi connectivity index (χ1) is 13.2. The van der Waals surface area contributed by atoms with Gasteiger partial charge in [-0.25, -0.2) is 4.39 Å². The van der Waals surface area contributed by atoms with Crippen LogP contribution in [0.1, 0.15) is 10.6 Å². The smallest absolute Gasteiger partial charge is 0.289 e. The lowest BCUT2D eigenvalue weighted by atomic mass is 10.3. The zero-order valence-electron chi connectivity index (χ0n) is 14.4. The van der Waals surface area contributed by atoms with E-state index >= 15 is 0 Å². The first-order valence-corrected chi connectivity index (χ1v) is 8.50. The summed E-state index contributed by atoms with van der Waals surface area (Å²) in [6.45, 7) is 2.18. The molecule has 1 fully saturated rings. The molecule has 3 aromatic rings. The molecule has 0 unspecified atom stereocenters. The van der Waals surface area contributed by atoms with E-state index in [4.69, 9.17) is 4.42 Å². The summed E-state index contributed by atoms with van der Waals surface area (Å²) in [5.74, 6) is 0.662. The van der Waals surface area contributed by atoms with Crippen molar-refractivity contribution < 1.29 is 13.6 Å². The monoisotopic (exact) mass is 368 g/mol. The van der Waals surface area contributed by atoms with Crippen LogP contribution in [0.25, 0.3) is 0 Å². The van der Waals surface area contributed by atoms with Crippen LogP contribution in [0.4, 0.5) is 21.8 Å². The molecule has 1 amide bonds. The number of amides is 1. The number of halogens is 1. The molecule has 1 saturated heterocycles. The van der Waals surface area contributed by atoms with E-state index in [2.05, 4.69) is 20.5 Å². The highest BCUT2D eigenvalue weighted by atomic mass is 19.1. The Hall–Kier alpha value is -3.49. The number of anilines is 3. The van der Waals surface area contributed by atoms with Crippen LogP contribution in [0, 0.1) is 5.82 Å². The van der Waals surface area contributed by atoms with Crippen molar-refractivity contribution in [3.63, 3.8) is 0 Å². The summed E-state index contributed by atoms with van der Waals surface area (Å²) in [5, 5.41) is 10.9. The highest BCUT2D eigenvalue weighted by molar-refractivity contribution is 5.91. The maximum absolute atomic E-state index is 13.8. The van der Waals surface area contributed by atoms with Crippen molar-refractivity contribution in [2.75, 3.05) is 36.4 Å². The van der Waals surface area contributed by atoms with Crippen molar-refractivity contribution in [1.29, 1.82) is 0 Å². The maximum Gasteiger partial charge on any atom is 0.289 e. The van der Waals surface area contributed by atoms with Gasteiger partial charge in [0.2, 0.25) is 5.95 Å². The number of para-hydroxylation sites is 1. The predicted molar refractivity (Wildman–Crippen MR) is 96.3 cm³/mol. The number of rotatable bonds is 4. The van der Waals surface area contributed by atoms with Gasteiger partial charge in [0.15, 0.2) is 11.6 Å². The Labute approximate surface area is 154 Å². The van der Waals surface area contributed by atoms with Gasteiger partial charge < -0.3 is 19.5 Å². The number of carbonyl (C=O) groups is 1. The minimum Gasteiger partial charge on any atom is -0.459 e. The third kappa shape index (κ3) is 3.71. The molecule has 1 aliphatic rings. The summed E-state index contributed by atoms with van der Waals surface area (Å²) < 4.78 is 18.9. The summed E-state index contributed by atoms with van der Waals surface area (Å²) >= 11 is 0. The van der Waals surface area contributed by atoms with E-state index in [9.17, 15) is 9.18 Å². The molecule has 138 valence electrons. The molecule has 4 rings (SSSR count). The summed E-state index contributed by atoms with van der Waals surface area (Å²) in [4.78, 5) is 20.4. The van der Waals surface area contributed by atoms with Gasteiger partial charge in [0, 0.05) is 26.2 Å². The Morgan fingerprint density at radius 2 is 1.93 bits per heavy atom. The summed E-state index contributed by atoms with van der Waals surface area (Å²) in [5.41, 5.74) is 0.317.